The summed E-state index contributed by atoms with van der Waals surface area (Å²) in [5.41, 5.74) is 3.59. The van der Waals surface area contributed by atoms with Gasteiger partial charge in [0.1, 0.15) is 5.76 Å². The van der Waals surface area contributed by atoms with Crippen LogP contribution in [0.15, 0.2) is 77.4 Å². The van der Waals surface area contributed by atoms with Crippen LogP contribution in [0.2, 0.25) is 0 Å². The molecular formula is C23H26N2OS. The smallest absolute Gasteiger partial charge is 0.174 e. The molecule has 0 spiro atoms. The van der Waals surface area contributed by atoms with Crippen molar-refractivity contribution in [1.82, 2.24) is 4.90 Å². The van der Waals surface area contributed by atoms with E-state index in [1.165, 1.54) is 24.0 Å². The molecule has 0 unspecified atom stereocenters. The molecule has 2 aromatic carbocycles. The molecule has 0 radical (unpaired) electrons. The van der Waals surface area contributed by atoms with Crippen molar-refractivity contribution in [2.75, 3.05) is 5.32 Å². The van der Waals surface area contributed by atoms with Crippen LogP contribution in [0.1, 0.15) is 36.7 Å². The Morgan fingerprint density at radius 2 is 1.70 bits per heavy atom. The Morgan fingerprint density at radius 3 is 2.37 bits per heavy atom. The Hall–Kier alpha value is -2.59. The standard InChI is InChI=1S/C23H26N2OS/c1-2-3-8-19-12-14-21(15-13-19)24-23(27)25(18-22-11-7-16-26-22)17-20-9-5-4-6-10-20/h4-7,9-16H,2-3,8,17-18H2,1H3,(H,24,27). The normalized spacial score (nSPS) is 10.6. The maximum Gasteiger partial charge on any atom is 0.174 e. The molecule has 3 rings (SSSR count). The second-order valence-electron chi connectivity index (χ2n) is 6.65. The Bertz CT molecular complexity index is 813. The highest BCUT2D eigenvalue weighted by Gasteiger charge is 2.13. The minimum absolute atomic E-state index is 0.627. The van der Waals surface area contributed by atoms with E-state index in [2.05, 4.69) is 53.5 Å². The summed E-state index contributed by atoms with van der Waals surface area (Å²) in [6.45, 7) is 3.57. The van der Waals surface area contributed by atoms with Gasteiger partial charge in [-0.15, -0.1) is 0 Å². The number of hydrogen-bond acceptors (Lipinski definition) is 2. The van der Waals surface area contributed by atoms with Gasteiger partial charge in [0.15, 0.2) is 5.11 Å². The van der Waals surface area contributed by atoms with Crippen molar-refractivity contribution in [3.63, 3.8) is 0 Å². The fourth-order valence-electron chi connectivity index (χ4n) is 2.93. The van der Waals surface area contributed by atoms with Crippen LogP contribution in [0, 0.1) is 0 Å². The molecule has 140 valence electrons. The number of unbranched alkanes of at least 4 members (excludes halogenated alkanes) is 1. The molecule has 3 nitrogen and oxygen atoms in total. The highest BCUT2D eigenvalue weighted by atomic mass is 32.1. The third-order valence-electron chi connectivity index (χ3n) is 4.45. The first-order valence-corrected chi connectivity index (χ1v) is 9.86. The van der Waals surface area contributed by atoms with Crippen molar-refractivity contribution >= 4 is 23.0 Å². The summed E-state index contributed by atoms with van der Waals surface area (Å²) in [5.74, 6) is 0.894. The zero-order chi connectivity index (χ0) is 18.9. The Kier molecular flexibility index (Phi) is 7.05. The summed E-state index contributed by atoms with van der Waals surface area (Å²) in [6, 6.07) is 22.8. The van der Waals surface area contributed by atoms with Crippen LogP contribution in [0.5, 0.6) is 0 Å². The van der Waals surface area contributed by atoms with Gasteiger partial charge in [0.25, 0.3) is 0 Å². The zero-order valence-corrected chi connectivity index (χ0v) is 16.5. The van der Waals surface area contributed by atoms with E-state index in [-0.39, 0.29) is 0 Å². The number of nitrogens with one attached hydrogen (secondary N) is 1. The highest BCUT2D eigenvalue weighted by Crippen LogP contribution is 2.16. The Balaban J connectivity index is 1.68. The van der Waals surface area contributed by atoms with Crippen molar-refractivity contribution in [3.8, 4) is 0 Å². The molecule has 0 fully saturated rings. The summed E-state index contributed by atoms with van der Waals surface area (Å²) < 4.78 is 5.53. The van der Waals surface area contributed by atoms with E-state index in [0.717, 1.165) is 24.4 Å². The first kappa shape index (κ1) is 19.2. The van der Waals surface area contributed by atoms with Crippen molar-refractivity contribution in [2.45, 2.75) is 39.3 Å². The molecule has 3 aromatic rings. The number of aryl methyl sites for hydroxylation is 1. The molecule has 0 saturated carbocycles. The molecular weight excluding hydrogens is 352 g/mol. The quantitative estimate of drug-likeness (QED) is 0.485. The minimum atomic E-state index is 0.627. The molecule has 1 N–H and O–H groups in total. The van der Waals surface area contributed by atoms with Gasteiger partial charge < -0.3 is 14.6 Å². The van der Waals surface area contributed by atoms with Crippen molar-refractivity contribution < 1.29 is 4.42 Å². The van der Waals surface area contributed by atoms with E-state index < -0.39 is 0 Å². The SMILES string of the molecule is CCCCc1ccc(NC(=S)N(Cc2ccccc2)Cc2ccco2)cc1. The van der Waals surface area contributed by atoms with Gasteiger partial charge in [-0.05, 0) is 60.5 Å². The molecule has 0 saturated heterocycles. The predicted octanol–water partition coefficient (Wildman–Crippen LogP) is 6.02. The molecule has 27 heavy (non-hydrogen) atoms. The van der Waals surface area contributed by atoms with Crippen LogP contribution < -0.4 is 5.32 Å². The minimum Gasteiger partial charge on any atom is -0.467 e. The van der Waals surface area contributed by atoms with Gasteiger partial charge in [-0.3, -0.25) is 0 Å². The van der Waals surface area contributed by atoms with Gasteiger partial charge >= 0.3 is 0 Å². The average molecular weight is 379 g/mol. The summed E-state index contributed by atoms with van der Waals surface area (Å²) >= 11 is 5.71. The van der Waals surface area contributed by atoms with Crippen molar-refractivity contribution in [3.05, 3.63) is 89.9 Å². The molecule has 0 atom stereocenters. The predicted molar refractivity (Wildman–Crippen MR) is 116 cm³/mol. The largest absolute Gasteiger partial charge is 0.467 e. The van der Waals surface area contributed by atoms with E-state index in [4.69, 9.17) is 16.6 Å². The fourth-order valence-corrected chi connectivity index (χ4v) is 3.18. The van der Waals surface area contributed by atoms with E-state index in [9.17, 15) is 0 Å². The maximum absolute atomic E-state index is 5.71. The number of hydrogen-bond donors (Lipinski definition) is 1. The molecule has 0 aliphatic rings. The van der Waals surface area contributed by atoms with Gasteiger partial charge in [-0.1, -0.05) is 55.8 Å². The molecule has 4 heteroatoms. The maximum atomic E-state index is 5.71. The Morgan fingerprint density at radius 1 is 0.926 bits per heavy atom. The van der Waals surface area contributed by atoms with Crippen LogP contribution in [0.3, 0.4) is 0 Å². The van der Waals surface area contributed by atoms with E-state index in [0.29, 0.717) is 11.7 Å². The number of rotatable bonds is 8. The molecule has 0 bridgehead atoms. The van der Waals surface area contributed by atoms with E-state index in [1.807, 2.05) is 30.3 Å². The lowest BCUT2D eigenvalue weighted by atomic mass is 10.1. The third kappa shape index (κ3) is 5.97. The molecule has 1 heterocycles. The lowest BCUT2D eigenvalue weighted by Gasteiger charge is -2.25. The van der Waals surface area contributed by atoms with Gasteiger partial charge in [0.2, 0.25) is 0 Å². The van der Waals surface area contributed by atoms with Gasteiger partial charge in [0, 0.05) is 12.2 Å². The first-order valence-electron chi connectivity index (χ1n) is 9.46. The van der Waals surface area contributed by atoms with E-state index >= 15 is 0 Å². The van der Waals surface area contributed by atoms with Crippen LogP contribution >= 0.6 is 12.2 Å². The number of anilines is 1. The topological polar surface area (TPSA) is 28.4 Å². The van der Waals surface area contributed by atoms with Gasteiger partial charge in [-0.2, -0.15) is 0 Å². The lowest BCUT2D eigenvalue weighted by Crippen LogP contribution is -2.33. The molecule has 0 amide bonds. The first-order chi connectivity index (χ1) is 13.2. The number of furan rings is 1. The fraction of sp³-hybridized carbons (Fsp3) is 0.261. The van der Waals surface area contributed by atoms with Crippen LogP contribution in [0.25, 0.3) is 0 Å². The van der Waals surface area contributed by atoms with Crippen LogP contribution in [0.4, 0.5) is 5.69 Å². The monoisotopic (exact) mass is 378 g/mol. The summed E-state index contributed by atoms with van der Waals surface area (Å²) in [4.78, 5) is 2.12. The average Bonchev–Trinajstić information content (AvgIpc) is 3.21. The highest BCUT2D eigenvalue weighted by molar-refractivity contribution is 7.80. The lowest BCUT2D eigenvalue weighted by molar-refractivity contribution is 0.360. The summed E-state index contributed by atoms with van der Waals surface area (Å²) in [7, 11) is 0. The van der Waals surface area contributed by atoms with E-state index in [1.54, 1.807) is 6.26 Å². The third-order valence-corrected chi connectivity index (χ3v) is 4.81. The summed E-state index contributed by atoms with van der Waals surface area (Å²) in [6.07, 6.45) is 5.26. The van der Waals surface area contributed by atoms with Crippen LogP contribution in [-0.2, 0) is 19.5 Å². The van der Waals surface area contributed by atoms with Crippen LogP contribution in [-0.4, -0.2) is 10.0 Å². The number of thiocarbonyl (C=S) groups is 1. The van der Waals surface area contributed by atoms with Crippen molar-refractivity contribution in [1.29, 1.82) is 0 Å². The van der Waals surface area contributed by atoms with Gasteiger partial charge in [0.05, 0.1) is 12.8 Å². The number of benzene rings is 2. The second-order valence-corrected chi connectivity index (χ2v) is 7.04. The molecule has 0 aliphatic carbocycles. The number of nitrogens with zero attached hydrogens (tertiary/aromatic N) is 1. The molecule has 0 aliphatic heterocycles. The summed E-state index contributed by atoms with van der Waals surface area (Å²) in [5, 5.41) is 4.06. The zero-order valence-electron chi connectivity index (χ0n) is 15.7. The second kappa shape index (κ2) is 9.93. The Labute approximate surface area is 167 Å². The van der Waals surface area contributed by atoms with Crippen molar-refractivity contribution in [2.24, 2.45) is 0 Å². The molecule has 1 aromatic heterocycles. The van der Waals surface area contributed by atoms with Gasteiger partial charge in [-0.25, -0.2) is 0 Å².